The van der Waals surface area contributed by atoms with Gasteiger partial charge in [-0.15, -0.1) is 11.3 Å². The van der Waals surface area contributed by atoms with Crippen molar-refractivity contribution in [2.24, 2.45) is 0 Å². The van der Waals surface area contributed by atoms with Crippen LogP contribution in [-0.4, -0.2) is 47.1 Å². The van der Waals surface area contributed by atoms with Crippen LogP contribution in [0.2, 0.25) is 0 Å². The van der Waals surface area contributed by atoms with Gasteiger partial charge in [0.15, 0.2) is 5.13 Å². The number of hydrogen-bond acceptors (Lipinski definition) is 5. The van der Waals surface area contributed by atoms with Gasteiger partial charge in [0.05, 0.1) is 18.8 Å². The van der Waals surface area contributed by atoms with Crippen LogP contribution in [0.25, 0.3) is 0 Å². The first-order valence-corrected chi connectivity index (χ1v) is 7.66. The van der Waals surface area contributed by atoms with Crippen molar-refractivity contribution in [3.05, 3.63) is 10.6 Å². The molecule has 2 N–H and O–H groups in total. The van der Waals surface area contributed by atoms with Gasteiger partial charge in [-0.1, -0.05) is 6.92 Å². The quantitative estimate of drug-likeness (QED) is 0.791. The number of carbonyl (C=O) groups excluding carboxylic acids is 1. The molecule has 0 aromatic carbocycles. The van der Waals surface area contributed by atoms with Gasteiger partial charge in [0.25, 0.3) is 0 Å². The number of fused-ring (bicyclic) bond motifs is 1. The van der Waals surface area contributed by atoms with Gasteiger partial charge in [-0.3, -0.25) is 9.69 Å². The molecule has 0 atom stereocenters. The number of thiazole rings is 1. The Kier molecular flexibility index (Phi) is 5.30. The Morgan fingerprint density at radius 1 is 1.47 bits per heavy atom. The second kappa shape index (κ2) is 6.98. The normalized spacial score (nSPS) is 13.8. The second-order valence-corrected chi connectivity index (χ2v) is 5.87. The number of anilines is 1. The van der Waals surface area contributed by atoms with Gasteiger partial charge in [-0.05, 0) is 32.2 Å². The van der Waals surface area contributed by atoms with Crippen LogP contribution in [0.5, 0.6) is 0 Å². The zero-order chi connectivity index (χ0) is 13.7. The van der Waals surface area contributed by atoms with E-state index >= 15 is 0 Å². The molecule has 6 heteroatoms. The molecule has 0 saturated heterocycles. The maximum Gasteiger partial charge on any atom is 0.240 e. The molecule has 0 bridgehead atoms. The van der Waals surface area contributed by atoms with Crippen LogP contribution in [0.3, 0.4) is 0 Å². The minimum absolute atomic E-state index is 0.0469. The third kappa shape index (κ3) is 3.99. The third-order valence-electron chi connectivity index (χ3n) is 3.17. The summed E-state index contributed by atoms with van der Waals surface area (Å²) in [4.78, 5) is 19.7. The molecule has 0 radical (unpaired) electrons. The highest BCUT2D eigenvalue weighted by Crippen LogP contribution is 2.30. The summed E-state index contributed by atoms with van der Waals surface area (Å²) in [6.45, 7) is 3.82. The molecule has 0 spiro atoms. The molecular weight excluding hydrogens is 262 g/mol. The number of carbonyl (C=O) groups is 1. The maximum atomic E-state index is 11.9. The Morgan fingerprint density at radius 2 is 2.32 bits per heavy atom. The van der Waals surface area contributed by atoms with Crippen LogP contribution in [0.4, 0.5) is 5.13 Å². The Balaban J connectivity index is 1.85. The molecule has 1 aliphatic carbocycles. The minimum atomic E-state index is -0.0469. The Labute approximate surface area is 117 Å². The predicted octanol–water partition coefficient (Wildman–Crippen LogP) is 1.27. The first kappa shape index (κ1) is 14.4. The lowest BCUT2D eigenvalue weighted by Gasteiger charge is -2.19. The molecule has 0 aliphatic heterocycles. The van der Waals surface area contributed by atoms with Crippen LogP contribution in [0, 0.1) is 0 Å². The van der Waals surface area contributed by atoms with Crippen molar-refractivity contribution in [1.82, 2.24) is 9.88 Å². The molecule has 0 unspecified atom stereocenters. The number of amides is 1. The van der Waals surface area contributed by atoms with Gasteiger partial charge < -0.3 is 10.4 Å². The average Bonchev–Trinajstić information content (AvgIpc) is 2.90. The SMILES string of the molecule is CCCN(CCO)CC(=O)Nc1nc2c(s1)CCC2. The van der Waals surface area contributed by atoms with Crippen LogP contribution >= 0.6 is 11.3 Å². The lowest BCUT2D eigenvalue weighted by molar-refractivity contribution is -0.117. The fourth-order valence-electron chi connectivity index (χ4n) is 2.33. The van der Waals surface area contributed by atoms with Crippen molar-refractivity contribution in [3.63, 3.8) is 0 Å². The van der Waals surface area contributed by atoms with E-state index in [-0.39, 0.29) is 12.5 Å². The lowest BCUT2D eigenvalue weighted by Crippen LogP contribution is -2.35. The van der Waals surface area contributed by atoms with E-state index in [1.54, 1.807) is 11.3 Å². The van der Waals surface area contributed by atoms with Gasteiger partial charge in [0.2, 0.25) is 5.91 Å². The van der Waals surface area contributed by atoms with E-state index < -0.39 is 0 Å². The molecule has 19 heavy (non-hydrogen) atoms. The van der Waals surface area contributed by atoms with Crippen molar-refractivity contribution in [3.8, 4) is 0 Å². The van der Waals surface area contributed by atoms with Crippen molar-refractivity contribution in [2.45, 2.75) is 32.6 Å². The molecule has 1 heterocycles. The smallest absolute Gasteiger partial charge is 0.240 e. The van der Waals surface area contributed by atoms with Crippen LogP contribution in [-0.2, 0) is 17.6 Å². The summed E-state index contributed by atoms with van der Waals surface area (Å²) >= 11 is 1.59. The Hall–Kier alpha value is -0.980. The monoisotopic (exact) mass is 283 g/mol. The maximum absolute atomic E-state index is 11.9. The third-order valence-corrected chi connectivity index (χ3v) is 4.24. The molecule has 1 aliphatic rings. The van der Waals surface area contributed by atoms with Crippen molar-refractivity contribution in [2.75, 3.05) is 31.6 Å². The summed E-state index contributed by atoms with van der Waals surface area (Å²) in [5, 5.41) is 12.5. The number of aliphatic hydroxyl groups is 1. The van der Waals surface area contributed by atoms with Crippen LogP contribution < -0.4 is 5.32 Å². The summed E-state index contributed by atoms with van der Waals surface area (Å²) in [5.74, 6) is -0.0469. The van der Waals surface area contributed by atoms with Crippen LogP contribution in [0.15, 0.2) is 0 Å². The van der Waals surface area contributed by atoms with E-state index in [1.165, 1.54) is 11.3 Å². The van der Waals surface area contributed by atoms with Gasteiger partial charge in [-0.25, -0.2) is 4.98 Å². The summed E-state index contributed by atoms with van der Waals surface area (Å²) in [6.07, 6.45) is 4.28. The zero-order valence-corrected chi connectivity index (χ0v) is 12.1. The van der Waals surface area contributed by atoms with E-state index in [0.29, 0.717) is 13.1 Å². The minimum Gasteiger partial charge on any atom is -0.395 e. The molecule has 1 aromatic heterocycles. The molecule has 2 rings (SSSR count). The largest absolute Gasteiger partial charge is 0.395 e. The Bertz CT molecular complexity index is 406. The highest BCUT2D eigenvalue weighted by molar-refractivity contribution is 7.15. The van der Waals surface area contributed by atoms with Crippen LogP contribution in [0.1, 0.15) is 30.3 Å². The molecule has 5 nitrogen and oxygen atoms in total. The van der Waals surface area contributed by atoms with Crippen molar-refractivity contribution in [1.29, 1.82) is 0 Å². The van der Waals surface area contributed by atoms with Crippen molar-refractivity contribution >= 4 is 22.4 Å². The molecule has 1 amide bonds. The molecule has 1 aromatic rings. The number of aromatic nitrogens is 1. The standard InChI is InChI=1S/C13H21N3O2S/c1-2-6-16(7-8-17)9-12(18)15-13-14-10-4-3-5-11(10)19-13/h17H,2-9H2,1H3,(H,14,15,18). The van der Waals surface area contributed by atoms with Gasteiger partial charge in [0.1, 0.15) is 0 Å². The second-order valence-electron chi connectivity index (χ2n) is 4.79. The van der Waals surface area contributed by atoms with E-state index in [1.807, 2.05) is 4.90 Å². The van der Waals surface area contributed by atoms with Gasteiger partial charge in [0, 0.05) is 11.4 Å². The van der Waals surface area contributed by atoms with E-state index in [0.717, 1.165) is 36.6 Å². The fraction of sp³-hybridized carbons (Fsp3) is 0.692. The van der Waals surface area contributed by atoms with E-state index in [2.05, 4.69) is 17.2 Å². The molecule has 0 fully saturated rings. The molecule has 106 valence electrons. The van der Waals surface area contributed by atoms with Gasteiger partial charge >= 0.3 is 0 Å². The summed E-state index contributed by atoms with van der Waals surface area (Å²) in [7, 11) is 0. The van der Waals surface area contributed by atoms with Gasteiger partial charge in [-0.2, -0.15) is 0 Å². The van der Waals surface area contributed by atoms with E-state index in [4.69, 9.17) is 5.11 Å². The molecule has 0 saturated carbocycles. The summed E-state index contributed by atoms with van der Waals surface area (Å²) < 4.78 is 0. The number of rotatable bonds is 7. The first-order valence-electron chi connectivity index (χ1n) is 6.84. The summed E-state index contributed by atoms with van der Waals surface area (Å²) in [5.41, 5.74) is 1.15. The highest BCUT2D eigenvalue weighted by Gasteiger charge is 2.18. The predicted molar refractivity (Wildman–Crippen MR) is 76.6 cm³/mol. The first-order chi connectivity index (χ1) is 9.22. The number of nitrogens with zero attached hydrogens (tertiary/aromatic N) is 2. The number of nitrogens with one attached hydrogen (secondary N) is 1. The van der Waals surface area contributed by atoms with Crippen molar-refractivity contribution < 1.29 is 9.90 Å². The summed E-state index contributed by atoms with van der Waals surface area (Å²) in [6, 6.07) is 0. The number of aryl methyl sites for hydroxylation is 2. The highest BCUT2D eigenvalue weighted by atomic mass is 32.1. The topological polar surface area (TPSA) is 65.5 Å². The average molecular weight is 283 g/mol. The Morgan fingerprint density at radius 3 is 3.00 bits per heavy atom. The fourth-order valence-corrected chi connectivity index (χ4v) is 3.40. The molecular formula is C13H21N3O2S. The lowest BCUT2D eigenvalue weighted by atomic mass is 10.4. The number of hydrogen-bond donors (Lipinski definition) is 2. The number of aliphatic hydroxyl groups excluding tert-OH is 1. The van der Waals surface area contributed by atoms with E-state index in [9.17, 15) is 4.79 Å². The zero-order valence-electron chi connectivity index (χ0n) is 11.3.